The van der Waals surface area contributed by atoms with Gasteiger partial charge in [-0.2, -0.15) is 0 Å². The van der Waals surface area contributed by atoms with E-state index in [0.29, 0.717) is 24.3 Å². The number of hydrogen-bond donors (Lipinski definition) is 3. The van der Waals surface area contributed by atoms with Gasteiger partial charge < -0.3 is 14.4 Å². The molecule has 5 rings (SSSR count). The van der Waals surface area contributed by atoms with Crippen LogP contribution in [0.15, 0.2) is 77.3 Å². The van der Waals surface area contributed by atoms with Crippen LogP contribution in [0.1, 0.15) is 22.6 Å². The number of rotatable bonds is 7. The summed E-state index contributed by atoms with van der Waals surface area (Å²) in [5.74, 6) is 1.46. The minimum Gasteiger partial charge on any atom is -0.361 e. The van der Waals surface area contributed by atoms with Crippen LogP contribution >= 0.6 is 0 Å². The van der Waals surface area contributed by atoms with Gasteiger partial charge in [-0.3, -0.25) is 10.7 Å². The van der Waals surface area contributed by atoms with Crippen LogP contribution in [0.4, 0.5) is 11.6 Å². The van der Waals surface area contributed by atoms with Crippen molar-refractivity contribution in [3.63, 3.8) is 0 Å². The third kappa shape index (κ3) is 4.06. The van der Waals surface area contributed by atoms with Crippen molar-refractivity contribution in [1.82, 2.24) is 14.7 Å². The fourth-order valence-corrected chi connectivity index (χ4v) is 4.19. The van der Waals surface area contributed by atoms with Crippen LogP contribution in [-0.2, 0) is 13.1 Å². The summed E-state index contributed by atoms with van der Waals surface area (Å²) in [7, 11) is 0. The van der Waals surface area contributed by atoms with Crippen molar-refractivity contribution >= 4 is 22.7 Å². The third-order valence-electron chi connectivity index (χ3n) is 5.77. The van der Waals surface area contributed by atoms with Crippen molar-refractivity contribution in [3.8, 4) is 11.1 Å². The second kappa shape index (κ2) is 8.80. The van der Waals surface area contributed by atoms with Gasteiger partial charge in [0, 0.05) is 12.1 Å². The van der Waals surface area contributed by atoms with Crippen LogP contribution in [0.3, 0.4) is 0 Å². The average Bonchev–Trinajstić information content (AvgIpc) is 3.37. The zero-order chi connectivity index (χ0) is 22.8. The monoisotopic (exact) mass is 439 g/mol. The van der Waals surface area contributed by atoms with Crippen LogP contribution in [-0.4, -0.2) is 19.9 Å². The van der Waals surface area contributed by atoms with E-state index in [9.17, 15) is 5.21 Å². The summed E-state index contributed by atoms with van der Waals surface area (Å²) in [6.07, 6.45) is 0. The molecule has 0 atom stereocenters. The van der Waals surface area contributed by atoms with Gasteiger partial charge in [-0.15, -0.1) is 0 Å². The first kappa shape index (κ1) is 20.8. The van der Waals surface area contributed by atoms with Gasteiger partial charge in [-0.25, -0.2) is 4.98 Å². The standard InChI is InChI=1S/C26H25N5O2/c1-17-24(18(2)33-30-17)21-13-22(29-32)25-23(14-21)31(16-20-11-7-4-8-12-20)26(28-25)27-15-19-9-5-3-6-10-19/h3-14,29,32H,15-16H2,1-2H3,(H,27,28). The first-order valence-corrected chi connectivity index (χ1v) is 10.8. The van der Waals surface area contributed by atoms with Gasteiger partial charge in [-0.1, -0.05) is 65.8 Å². The predicted molar refractivity (Wildman–Crippen MR) is 129 cm³/mol. The van der Waals surface area contributed by atoms with Crippen molar-refractivity contribution in [1.29, 1.82) is 0 Å². The third-order valence-corrected chi connectivity index (χ3v) is 5.77. The number of anilines is 2. The lowest BCUT2D eigenvalue weighted by atomic mass is 10.0. The van der Waals surface area contributed by atoms with E-state index in [1.165, 1.54) is 0 Å². The molecular weight excluding hydrogens is 414 g/mol. The molecule has 5 aromatic rings. The van der Waals surface area contributed by atoms with Crippen LogP contribution in [0.5, 0.6) is 0 Å². The molecule has 0 saturated heterocycles. The maximum Gasteiger partial charge on any atom is 0.204 e. The number of hydrogen-bond acceptors (Lipinski definition) is 6. The highest BCUT2D eigenvalue weighted by molar-refractivity contribution is 5.95. The first-order chi connectivity index (χ1) is 16.1. The van der Waals surface area contributed by atoms with E-state index >= 15 is 0 Å². The van der Waals surface area contributed by atoms with Crippen LogP contribution in [0.2, 0.25) is 0 Å². The molecule has 0 bridgehead atoms. The molecule has 3 N–H and O–H groups in total. The van der Waals surface area contributed by atoms with E-state index in [0.717, 1.165) is 45.2 Å². The molecule has 2 aromatic heterocycles. The van der Waals surface area contributed by atoms with Crippen molar-refractivity contribution in [2.75, 3.05) is 10.8 Å². The predicted octanol–water partition coefficient (Wildman–Crippen LogP) is 5.77. The lowest BCUT2D eigenvalue weighted by molar-refractivity contribution is 0.389. The van der Waals surface area contributed by atoms with Crippen molar-refractivity contribution < 1.29 is 9.73 Å². The van der Waals surface area contributed by atoms with Gasteiger partial charge in [0.25, 0.3) is 0 Å². The van der Waals surface area contributed by atoms with E-state index in [4.69, 9.17) is 9.51 Å². The van der Waals surface area contributed by atoms with Crippen LogP contribution < -0.4 is 10.8 Å². The van der Waals surface area contributed by atoms with Crippen molar-refractivity contribution in [2.24, 2.45) is 0 Å². The zero-order valence-electron chi connectivity index (χ0n) is 18.5. The summed E-state index contributed by atoms with van der Waals surface area (Å²) in [4.78, 5) is 4.85. The molecule has 0 saturated carbocycles. The molecule has 0 aliphatic rings. The Bertz CT molecular complexity index is 1370. The van der Waals surface area contributed by atoms with Crippen LogP contribution in [0, 0.1) is 13.8 Å². The molecule has 166 valence electrons. The summed E-state index contributed by atoms with van der Waals surface area (Å²) < 4.78 is 7.52. The van der Waals surface area contributed by atoms with Gasteiger partial charge in [-0.05, 0) is 42.7 Å². The van der Waals surface area contributed by atoms with E-state index in [2.05, 4.69) is 50.9 Å². The summed E-state index contributed by atoms with van der Waals surface area (Å²) in [5, 5.41) is 17.5. The molecule has 2 heterocycles. The van der Waals surface area contributed by atoms with E-state index in [1.807, 2.05) is 56.3 Å². The molecule has 0 aliphatic carbocycles. The molecule has 3 aromatic carbocycles. The Labute approximate surface area is 191 Å². The summed E-state index contributed by atoms with van der Waals surface area (Å²) in [5.41, 5.74) is 9.36. The van der Waals surface area contributed by atoms with Gasteiger partial charge in [0.1, 0.15) is 11.3 Å². The SMILES string of the molecule is Cc1noc(C)c1-c1cc(NO)c2nc(NCc3ccccc3)n(Cc3ccccc3)c2c1. The van der Waals surface area contributed by atoms with Gasteiger partial charge in [0.15, 0.2) is 0 Å². The lowest BCUT2D eigenvalue weighted by Crippen LogP contribution is -2.08. The number of aromatic nitrogens is 3. The van der Waals surface area contributed by atoms with E-state index < -0.39 is 0 Å². The Morgan fingerprint density at radius 2 is 1.64 bits per heavy atom. The molecule has 0 radical (unpaired) electrons. The minimum atomic E-state index is 0.525. The number of aryl methyl sites for hydroxylation is 2. The molecule has 0 fully saturated rings. The number of nitrogens with zero attached hydrogens (tertiary/aromatic N) is 3. The molecule has 7 heteroatoms. The second-order valence-electron chi connectivity index (χ2n) is 8.05. The largest absolute Gasteiger partial charge is 0.361 e. The van der Waals surface area contributed by atoms with E-state index in [-0.39, 0.29) is 0 Å². The number of nitrogens with one attached hydrogen (secondary N) is 2. The summed E-state index contributed by atoms with van der Waals surface area (Å²) in [6, 6.07) is 24.4. The molecule has 0 spiro atoms. The Hall–Kier alpha value is -4.10. The summed E-state index contributed by atoms with van der Waals surface area (Å²) in [6.45, 7) is 5.07. The Morgan fingerprint density at radius 3 is 2.27 bits per heavy atom. The molecular formula is C26H25N5O2. The van der Waals surface area contributed by atoms with Crippen LogP contribution in [0.25, 0.3) is 22.2 Å². The molecule has 0 aliphatic heterocycles. The van der Waals surface area contributed by atoms with Crippen molar-refractivity contribution in [2.45, 2.75) is 26.9 Å². The first-order valence-electron chi connectivity index (χ1n) is 10.8. The molecule has 0 amide bonds. The molecule has 7 nitrogen and oxygen atoms in total. The number of imidazole rings is 1. The highest BCUT2D eigenvalue weighted by atomic mass is 16.5. The zero-order valence-corrected chi connectivity index (χ0v) is 18.5. The number of fused-ring (bicyclic) bond motifs is 1. The summed E-state index contributed by atoms with van der Waals surface area (Å²) >= 11 is 0. The fraction of sp³-hybridized carbons (Fsp3) is 0.154. The molecule has 0 unspecified atom stereocenters. The quantitative estimate of drug-likeness (QED) is 0.279. The topological polar surface area (TPSA) is 88.1 Å². The molecule has 33 heavy (non-hydrogen) atoms. The smallest absolute Gasteiger partial charge is 0.204 e. The number of benzene rings is 3. The maximum atomic E-state index is 9.94. The highest BCUT2D eigenvalue weighted by Gasteiger charge is 2.19. The normalized spacial score (nSPS) is 11.1. The lowest BCUT2D eigenvalue weighted by Gasteiger charge is -2.12. The Kier molecular flexibility index (Phi) is 5.54. The van der Waals surface area contributed by atoms with Crippen molar-refractivity contribution in [3.05, 3.63) is 95.4 Å². The van der Waals surface area contributed by atoms with E-state index in [1.54, 1.807) is 0 Å². The van der Waals surface area contributed by atoms with Gasteiger partial charge in [0.2, 0.25) is 5.95 Å². The Morgan fingerprint density at radius 1 is 0.939 bits per heavy atom. The average molecular weight is 440 g/mol. The fourth-order valence-electron chi connectivity index (χ4n) is 4.19. The minimum absolute atomic E-state index is 0.525. The second-order valence-corrected chi connectivity index (χ2v) is 8.05. The Balaban J connectivity index is 1.65. The maximum absolute atomic E-state index is 9.94. The highest BCUT2D eigenvalue weighted by Crippen LogP contribution is 2.35. The van der Waals surface area contributed by atoms with Gasteiger partial charge in [0.05, 0.1) is 23.4 Å². The van der Waals surface area contributed by atoms with Gasteiger partial charge >= 0.3 is 0 Å².